The molecule has 0 spiro atoms. The Kier molecular flexibility index (Phi) is 8.53. The Hall–Kier alpha value is -3.99. The SMILES string of the molecule is COCCN1CC(NC(=O)Nc2c(C)c(-c3ccc(=O)n(C)c3)nn2-c2ccccc2)C(c2ccc(Cl)c(F)c2)C1. The molecule has 0 saturated carbocycles. The Balaban J connectivity index is 1.44. The van der Waals surface area contributed by atoms with Crippen LogP contribution in [0.4, 0.5) is 15.0 Å². The predicted octanol–water partition coefficient (Wildman–Crippen LogP) is 4.57. The van der Waals surface area contributed by atoms with Gasteiger partial charge in [0.25, 0.3) is 0 Å². The average molecular weight is 579 g/mol. The van der Waals surface area contributed by atoms with Gasteiger partial charge >= 0.3 is 6.03 Å². The molecule has 1 aliphatic rings. The molecule has 2 amide bonds. The summed E-state index contributed by atoms with van der Waals surface area (Å²) in [6.45, 7) is 4.32. The van der Waals surface area contributed by atoms with Crippen molar-refractivity contribution in [1.82, 2.24) is 24.6 Å². The van der Waals surface area contributed by atoms with Crippen LogP contribution in [0.15, 0.2) is 71.7 Å². The van der Waals surface area contributed by atoms with Gasteiger partial charge in [-0.05, 0) is 42.8 Å². The molecule has 1 saturated heterocycles. The van der Waals surface area contributed by atoms with E-state index in [1.807, 2.05) is 37.3 Å². The Morgan fingerprint density at radius 1 is 1.15 bits per heavy atom. The zero-order valence-corrected chi connectivity index (χ0v) is 23.9. The lowest BCUT2D eigenvalue weighted by Crippen LogP contribution is -2.42. The summed E-state index contributed by atoms with van der Waals surface area (Å²) >= 11 is 5.93. The molecule has 9 nitrogen and oxygen atoms in total. The summed E-state index contributed by atoms with van der Waals surface area (Å²) in [5.74, 6) is -0.136. The number of likely N-dealkylation sites (tertiary alicyclic amines) is 1. The molecular formula is C30H32ClFN6O3. The number of methoxy groups -OCH3 is 1. The molecule has 5 rings (SSSR count). The van der Waals surface area contributed by atoms with Crippen LogP contribution in [0.3, 0.4) is 0 Å². The molecule has 214 valence electrons. The number of benzene rings is 2. The van der Waals surface area contributed by atoms with Gasteiger partial charge in [0.2, 0.25) is 5.56 Å². The topological polar surface area (TPSA) is 93.4 Å². The van der Waals surface area contributed by atoms with Crippen LogP contribution in [-0.4, -0.2) is 64.7 Å². The average Bonchev–Trinajstić information content (AvgIpc) is 3.51. The smallest absolute Gasteiger partial charge is 0.320 e. The number of pyridine rings is 1. The van der Waals surface area contributed by atoms with Gasteiger partial charge in [-0.1, -0.05) is 35.9 Å². The standard InChI is InChI=1S/C30H32ClFN6O3/c1-19-28(21-10-12-27(39)36(2)16-21)35-38(22-7-5-4-6-8-22)29(19)34-30(40)33-26-18-37(13-14-41-3)17-23(26)20-9-11-24(31)25(32)15-20/h4-12,15-16,23,26H,13-14,17-18H2,1-3H3,(H2,33,34,40). The number of aromatic nitrogens is 3. The number of amides is 2. The zero-order valence-electron chi connectivity index (χ0n) is 23.1. The van der Waals surface area contributed by atoms with E-state index in [2.05, 4.69) is 15.5 Å². The number of ether oxygens (including phenoxy) is 1. The molecular weight excluding hydrogens is 547 g/mol. The highest BCUT2D eigenvalue weighted by Gasteiger charge is 2.35. The third-order valence-electron chi connectivity index (χ3n) is 7.41. The van der Waals surface area contributed by atoms with Crippen LogP contribution in [0, 0.1) is 12.7 Å². The van der Waals surface area contributed by atoms with Gasteiger partial charge in [-0.25, -0.2) is 13.9 Å². The zero-order chi connectivity index (χ0) is 29.1. The Morgan fingerprint density at radius 3 is 2.63 bits per heavy atom. The lowest BCUT2D eigenvalue weighted by Gasteiger charge is -2.21. The highest BCUT2D eigenvalue weighted by atomic mass is 35.5. The van der Waals surface area contributed by atoms with Crippen LogP contribution in [0.1, 0.15) is 17.0 Å². The number of para-hydroxylation sites is 1. The quantitative estimate of drug-likeness (QED) is 0.319. The van der Waals surface area contributed by atoms with Crippen molar-refractivity contribution in [2.24, 2.45) is 7.05 Å². The molecule has 0 bridgehead atoms. The van der Waals surface area contributed by atoms with Crippen molar-refractivity contribution >= 4 is 23.4 Å². The first-order valence-electron chi connectivity index (χ1n) is 13.3. The van der Waals surface area contributed by atoms with E-state index in [-0.39, 0.29) is 22.5 Å². The summed E-state index contributed by atoms with van der Waals surface area (Å²) in [7, 11) is 3.33. The van der Waals surface area contributed by atoms with E-state index < -0.39 is 11.8 Å². The number of halogens is 2. The number of anilines is 1. The van der Waals surface area contributed by atoms with Crippen LogP contribution in [-0.2, 0) is 11.8 Å². The van der Waals surface area contributed by atoms with E-state index in [0.29, 0.717) is 37.8 Å². The van der Waals surface area contributed by atoms with Gasteiger partial charge in [-0.2, -0.15) is 5.10 Å². The fourth-order valence-corrected chi connectivity index (χ4v) is 5.35. The Morgan fingerprint density at radius 2 is 1.93 bits per heavy atom. The second-order valence-corrected chi connectivity index (χ2v) is 10.6. The van der Waals surface area contributed by atoms with E-state index in [9.17, 15) is 14.0 Å². The van der Waals surface area contributed by atoms with Crippen molar-refractivity contribution in [3.8, 4) is 16.9 Å². The van der Waals surface area contributed by atoms with Crippen LogP contribution < -0.4 is 16.2 Å². The molecule has 4 aromatic rings. The van der Waals surface area contributed by atoms with E-state index in [1.54, 1.807) is 43.2 Å². The molecule has 1 fully saturated rings. The monoisotopic (exact) mass is 578 g/mol. The van der Waals surface area contributed by atoms with Gasteiger partial charge in [0.15, 0.2) is 0 Å². The number of carbonyl (C=O) groups is 1. The second kappa shape index (κ2) is 12.3. The maximum atomic E-state index is 14.4. The molecule has 11 heteroatoms. The first kappa shape index (κ1) is 28.5. The van der Waals surface area contributed by atoms with Crippen LogP contribution >= 0.6 is 11.6 Å². The lowest BCUT2D eigenvalue weighted by atomic mass is 9.94. The summed E-state index contributed by atoms with van der Waals surface area (Å²) in [6.07, 6.45) is 1.72. The summed E-state index contributed by atoms with van der Waals surface area (Å²) in [4.78, 5) is 27.7. The molecule has 2 atom stereocenters. The van der Waals surface area contributed by atoms with Crippen LogP contribution in [0.2, 0.25) is 5.02 Å². The number of rotatable bonds is 8. The molecule has 2 N–H and O–H groups in total. The van der Waals surface area contributed by atoms with Gasteiger partial charge in [0, 0.05) is 63.1 Å². The second-order valence-electron chi connectivity index (χ2n) is 10.2. The minimum atomic E-state index is -0.490. The fourth-order valence-electron chi connectivity index (χ4n) is 5.23. The number of hydrogen-bond donors (Lipinski definition) is 2. The number of carbonyl (C=O) groups excluding carboxylic acids is 1. The number of urea groups is 1. The van der Waals surface area contributed by atoms with Crippen molar-refractivity contribution < 1.29 is 13.9 Å². The summed E-state index contributed by atoms with van der Waals surface area (Å²) < 4.78 is 22.8. The number of nitrogens with one attached hydrogen (secondary N) is 2. The van der Waals surface area contributed by atoms with Crippen LogP contribution in [0.5, 0.6) is 0 Å². The molecule has 0 aliphatic carbocycles. The maximum absolute atomic E-state index is 14.4. The van der Waals surface area contributed by atoms with Crippen molar-refractivity contribution in [3.05, 3.63) is 99.2 Å². The van der Waals surface area contributed by atoms with Crippen molar-refractivity contribution in [2.45, 2.75) is 18.9 Å². The molecule has 1 aliphatic heterocycles. The van der Waals surface area contributed by atoms with Gasteiger partial charge in [0.1, 0.15) is 11.6 Å². The molecule has 2 unspecified atom stereocenters. The fraction of sp³-hybridized carbons (Fsp3) is 0.300. The molecule has 41 heavy (non-hydrogen) atoms. The highest BCUT2D eigenvalue weighted by molar-refractivity contribution is 6.30. The highest BCUT2D eigenvalue weighted by Crippen LogP contribution is 2.32. The van der Waals surface area contributed by atoms with Gasteiger partial charge in [-0.3, -0.25) is 15.0 Å². The van der Waals surface area contributed by atoms with Gasteiger partial charge in [0.05, 0.1) is 29.1 Å². The minimum Gasteiger partial charge on any atom is -0.383 e. The van der Waals surface area contributed by atoms with Crippen molar-refractivity contribution in [1.29, 1.82) is 0 Å². The van der Waals surface area contributed by atoms with Crippen LogP contribution in [0.25, 0.3) is 16.9 Å². The Labute approximate surface area is 242 Å². The number of aryl methyl sites for hydroxylation is 1. The van der Waals surface area contributed by atoms with E-state index >= 15 is 0 Å². The number of nitrogens with zero attached hydrogens (tertiary/aromatic N) is 4. The third-order valence-corrected chi connectivity index (χ3v) is 7.72. The van der Waals surface area contributed by atoms with Crippen molar-refractivity contribution in [3.63, 3.8) is 0 Å². The first-order valence-corrected chi connectivity index (χ1v) is 13.7. The van der Waals surface area contributed by atoms with E-state index in [4.69, 9.17) is 21.4 Å². The molecule has 2 aromatic carbocycles. The van der Waals surface area contributed by atoms with Gasteiger partial charge in [-0.15, -0.1) is 0 Å². The predicted molar refractivity (Wildman–Crippen MR) is 157 cm³/mol. The summed E-state index contributed by atoms with van der Waals surface area (Å²) in [5.41, 5.74) is 3.53. The largest absolute Gasteiger partial charge is 0.383 e. The minimum absolute atomic E-state index is 0.0594. The summed E-state index contributed by atoms with van der Waals surface area (Å²) in [5, 5.41) is 11.0. The lowest BCUT2D eigenvalue weighted by molar-refractivity contribution is 0.159. The maximum Gasteiger partial charge on any atom is 0.320 e. The molecule has 2 aromatic heterocycles. The van der Waals surface area contributed by atoms with E-state index in [1.165, 1.54) is 16.7 Å². The number of hydrogen-bond acceptors (Lipinski definition) is 5. The Bertz CT molecular complexity index is 1610. The van der Waals surface area contributed by atoms with Gasteiger partial charge < -0.3 is 14.6 Å². The molecule has 0 radical (unpaired) electrons. The van der Waals surface area contributed by atoms with Crippen molar-refractivity contribution in [2.75, 3.05) is 38.7 Å². The third kappa shape index (κ3) is 6.19. The summed E-state index contributed by atoms with van der Waals surface area (Å²) in [6, 6.07) is 16.8. The molecule has 3 heterocycles. The first-order chi connectivity index (χ1) is 19.7. The van der Waals surface area contributed by atoms with E-state index in [0.717, 1.165) is 22.4 Å². The normalized spacial score (nSPS) is 17.1.